The van der Waals surface area contributed by atoms with Crippen LogP contribution in [0.3, 0.4) is 0 Å². The zero-order valence-corrected chi connectivity index (χ0v) is 11.7. The van der Waals surface area contributed by atoms with Crippen LogP contribution < -0.4 is 0 Å². The molecule has 2 aromatic rings. The summed E-state index contributed by atoms with van der Waals surface area (Å²) in [6.45, 7) is 0.201. The van der Waals surface area contributed by atoms with Gasteiger partial charge in [-0.3, -0.25) is 4.79 Å². The van der Waals surface area contributed by atoms with E-state index in [0.717, 1.165) is 0 Å². The number of benzene rings is 2. The highest BCUT2D eigenvalue weighted by molar-refractivity contribution is 7.80. The monoisotopic (exact) mass is 293 g/mol. The second-order valence-corrected chi connectivity index (χ2v) is 4.97. The second-order valence-electron chi connectivity index (χ2n) is 4.46. The minimum atomic E-state index is -0.598. The lowest BCUT2D eigenvalue weighted by Gasteiger charge is -2.18. The van der Waals surface area contributed by atoms with E-state index in [1.807, 2.05) is 0 Å². The van der Waals surface area contributed by atoms with Crippen molar-refractivity contribution < 1.29 is 13.6 Å². The minimum Gasteiger partial charge on any atom is -0.337 e. The summed E-state index contributed by atoms with van der Waals surface area (Å²) in [7, 11) is 1.54. The number of hydrogen-bond donors (Lipinski definition) is 1. The minimum absolute atomic E-state index is 0.0450. The van der Waals surface area contributed by atoms with E-state index in [1.54, 1.807) is 12.1 Å². The molecule has 0 unspecified atom stereocenters. The van der Waals surface area contributed by atoms with Crippen LogP contribution in [0.15, 0.2) is 47.4 Å². The molecule has 0 aliphatic heterocycles. The maximum absolute atomic E-state index is 13.6. The quantitative estimate of drug-likeness (QED) is 0.858. The average molecular weight is 293 g/mol. The third-order valence-electron chi connectivity index (χ3n) is 2.84. The first-order valence-electron chi connectivity index (χ1n) is 5.96. The SMILES string of the molecule is CN(Cc1cccc(F)c1)C(=O)c1cc(S)ccc1F. The molecule has 20 heavy (non-hydrogen) atoms. The summed E-state index contributed by atoms with van der Waals surface area (Å²) in [6.07, 6.45) is 0. The van der Waals surface area contributed by atoms with Crippen molar-refractivity contribution in [1.29, 1.82) is 0 Å². The predicted octanol–water partition coefficient (Wildman–Crippen LogP) is 3.53. The van der Waals surface area contributed by atoms with Crippen molar-refractivity contribution in [2.24, 2.45) is 0 Å². The Balaban J connectivity index is 2.18. The summed E-state index contributed by atoms with van der Waals surface area (Å²) < 4.78 is 26.7. The zero-order chi connectivity index (χ0) is 14.7. The van der Waals surface area contributed by atoms with Crippen LogP contribution in [0.1, 0.15) is 15.9 Å². The van der Waals surface area contributed by atoms with Crippen LogP contribution in [-0.4, -0.2) is 17.9 Å². The standard InChI is InChI=1S/C15H13F2NOS/c1-18(9-10-3-2-4-11(16)7-10)15(19)13-8-12(20)5-6-14(13)17/h2-8,20H,9H2,1H3. The van der Waals surface area contributed by atoms with E-state index < -0.39 is 11.7 Å². The van der Waals surface area contributed by atoms with E-state index in [9.17, 15) is 13.6 Å². The van der Waals surface area contributed by atoms with Gasteiger partial charge in [0.2, 0.25) is 0 Å². The number of amides is 1. The summed E-state index contributed by atoms with van der Waals surface area (Å²) in [5.41, 5.74) is 0.597. The van der Waals surface area contributed by atoms with Gasteiger partial charge in [0.1, 0.15) is 11.6 Å². The molecule has 0 fully saturated rings. The van der Waals surface area contributed by atoms with Gasteiger partial charge in [0.25, 0.3) is 5.91 Å². The van der Waals surface area contributed by atoms with Crippen LogP contribution in [0.2, 0.25) is 0 Å². The van der Waals surface area contributed by atoms with Crippen LogP contribution in [0.25, 0.3) is 0 Å². The van der Waals surface area contributed by atoms with E-state index in [1.165, 1.54) is 42.3 Å². The molecule has 2 nitrogen and oxygen atoms in total. The summed E-state index contributed by atoms with van der Waals surface area (Å²) in [4.78, 5) is 14.0. The number of rotatable bonds is 3. The first-order valence-corrected chi connectivity index (χ1v) is 6.40. The van der Waals surface area contributed by atoms with E-state index in [4.69, 9.17) is 0 Å². The molecule has 5 heteroatoms. The molecule has 1 amide bonds. The maximum atomic E-state index is 13.6. The van der Waals surface area contributed by atoms with Crippen LogP contribution in [0, 0.1) is 11.6 Å². The third-order valence-corrected chi connectivity index (χ3v) is 3.11. The van der Waals surface area contributed by atoms with Crippen molar-refractivity contribution in [2.45, 2.75) is 11.4 Å². The van der Waals surface area contributed by atoms with Gasteiger partial charge in [-0.1, -0.05) is 12.1 Å². The Morgan fingerprint density at radius 3 is 2.65 bits per heavy atom. The fourth-order valence-electron chi connectivity index (χ4n) is 1.86. The number of halogens is 2. The Hall–Kier alpha value is -1.88. The molecule has 0 spiro atoms. The molecular formula is C15H13F2NOS. The van der Waals surface area contributed by atoms with E-state index in [2.05, 4.69) is 12.6 Å². The highest BCUT2D eigenvalue weighted by Crippen LogP contribution is 2.16. The summed E-state index contributed by atoms with van der Waals surface area (Å²) in [5, 5.41) is 0. The van der Waals surface area contributed by atoms with E-state index in [-0.39, 0.29) is 17.9 Å². The second kappa shape index (κ2) is 6.05. The van der Waals surface area contributed by atoms with Crippen molar-refractivity contribution in [1.82, 2.24) is 4.90 Å². The lowest BCUT2D eigenvalue weighted by Crippen LogP contribution is -2.27. The summed E-state index contributed by atoms with van der Waals surface area (Å²) in [5.74, 6) is -1.44. The topological polar surface area (TPSA) is 20.3 Å². The summed E-state index contributed by atoms with van der Waals surface area (Å²) >= 11 is 4.09. The van der Waals surface area contributed by atoms with Gasteiger partial charge in [0.15, 0.2) is 0 Å². The van der Waals surface area contributed by atoms with Gasteiger partial charge < -0.3 is 4.90 Å². The number of nitrogens with zero attached hydrogens (tertiary/aromatic N) is 1. The predicted molar refractivity (Wildman–Crippen MR) is 75.8 cm³/mol. The fourth-order valence-corrected chi connectivity index (χ4v) is 2.07. The smallest absolute Gasteiger partial charge is 0.256 e. The van der Waals surface area contributed by atoms with Crippen molar-refractivity contribution in [3.63, 3.8) is 0 Å². The molecule has 0 aromatic heterocycles. The fraction of sp³-hybridized carbons (Fsp3) is 0.133. The first-order chi connectivity index (χ1) is 9.47. The van der Waals surface area contributed by atoms with Crippen molar-refractivity contribution in [3.8, 4) is 0 Å². The summed E-state index contributed by atoms with van der Waals surface area (Å²) in [6, 6.07) is 10.00. The Bertz CT molecular complexity index is 646. The van der Waals surface area contributed by atoms with Gasteiger partial charge in [-0.05, 0) is 35.9 Å². The molecule has 2 rings (SSSR count). The molecule has 104 valence electrons. The molecule has 0 radical (unpaired) electrons. The largest absolute Gasteiger partial charge is 0.337 e. The van der Waals surface area contributed by atoms with Gasteiger partial charge in [-0.25, -0.2) is 8.78 Å². The molecule has 0 N–H and O–H groups in total. The van der Waals surface area contributed by atoms with E-state index in [0.29, 0.717) is 10.5 Å². The molecule has 0 saturated carbocycles. The first kappa shape index (κ1) is 14.5. The van der Waals surface area contributed by atoms with Crippen LogP contribution >= 0.6 is 12.6 Å². The molecule has 0 bridgehead atoms. The Labute approximate surface area is 121 Å². The molecule has 0 heterocycles. The molecule has 0 atom stereocenters. The maximum Gasteiger partial charge on any atom is 0.256 e. The number of carbonyl (C=O) groups excluding carboxylic acids is 1. The Morgan fingerprint density at radius 1 is 1.20 bits per heavy atom. The number of carbonyl (C=O) groups is 1. The van der Waals surface area contributed by atoms with Gasteiger partial charge in [-0.2, -0.15) is 0 Å². The van der Waals surface area contributed by atoms with Crippen LogP contribution in [0.5, 0.6) is 0 Å². The molecule has 0 aliphatic carbocycles. The Morgan fingerprint density at radius 2 is 1.95 bits per heavy atom. The molecule has 0 saturated heterocycles. The van der Waals surface area contributed by atoms with Gasteiger partial charge in [0.05, 0.1) is 5.56 Å². The van der Waals surface area contributed by atoms with Gasteiger partial charge in [0, 0.05) is 18.5 Å². The van der Waals surface area contributed by atoms with Crippen LogP contribution in [-0.2, 0) is 6.54 Å². The van der Waals surface area contributed by atoms with Crippen LogP contribution in [0.4, 0.5) is 8.78 Å². The third kappa shape index (κ3) is 3.36. The molecular weight excluding hydrogens is 280 g/mol. The zero-order valence-electron chi connectivity index (χ0n) is 10.8. The lowest BCUT2D eigenvalue weighted by atomic mass is 10.1. The van der Waals surface area contributed by atoms with Crippen molar-refractivity contribution >= 4 is 18.5 Å². The molecule has 2 aromatic carbocycles. The van der Waals surface area contributed by atoms with Gasteiger partial charge in [-0.15, -0.1) is 12.6 Å². The number of hydrogen-bond acceptors (Lipinski definition) is 2. The van der Waals surface area contributed by atoms with Crippen molar-refractivity contribution in [3.05, 3.63) is 65.2 Å². The normalized spacial score (nSPS) is 10.4. The van der Waals surface area contributed by atoms with Crippen molar-refractivity contribution in [2.75, 3.05) is 7.05 Å². The molecule has 0 aliphatic rings. The highest BCUT2D eigenvalue weighted by Gasteiger charge is 2.16. The highest BCUT2D eigenvalue weighted by atomic mass is 32.1. The average Bonchev–Trinajstić information content (AvgIpc) is 2.40. The van der Waals surface area contributed by atoms with Gasteiger partial charge >= 0.3 is 0 Å². The Kier molecular flexibility index (Phi) is 4.39. The number of thiol groups is 1. The van der Waals surface area contributed by atoms with E-state index >= 15 is 0 Å². The lowest BCUT2D eigenvalue weighted by molar-refractivity contribution is 0.0780.